The van der Waals surface area contributed by atoms with Crippen molar-refractivity contribution in [2.45, 2.75) is 38.1 Å². The summed E-state index contributed by atoms with van der Waals surface area (Å²) < 4.78 is 99.6. The lowest BCUT2D eigenvalue weighted by atomic mass is 10.3. The maximum Gasteiger partial charge on any atom is 0.104 e. The lowest BCUT2D eigenvalue weighted by Gasteiger charge is -2.19. The normalized spacial score (nSPS) is 13.1. The summed E-state index contributed by atoms with van der Waals surface area (Å²) in [5, 5.41) is 0. The molecule has 60 heavy (non-hydrogen) atoms. The highest BCUT2D eigenvalue weighted by molar-refractivity contribution is 7.97. The summed E-state index contributed by atoms with van der Waals surface area (Å²) in [5.41, 5.74) is 0. The number of thioether (sulfide) groups is 1. The predicted octanol–water partition coefficient (Wildman–Crippen LogP) is 2.69. The smallest absolute Gasteiger partial charge is 0.104 e. The first-order valence-corrected chi connectivity index (χ1v) is 22.8. The van der Waals surface area contributed by atoms with Gasteiger partial charge in [0.2, 0.25) is 0 Å². The highest BCUT2D eigenvalue weighted by Gasteiger charge is 2.12. The molecule has 0 spiro atoms. The molecule has 3 atom stereocenters. The van der Waals surface area contributed by atoms with Gasteiger partial charge in [0.05, 0.1) is 197 Å². The van der Waals surface area contributed by atoms with Gasteiger partial charge in [0.15, 0.2) is 0 Å². The SMILES string of the molecule is CCC(COCCOCCOCC(COCCOCCOC)OCCOCCOC)OCCOCCOCCC(COCCOCCOC)OCCOCCOC.CSC. The molecule has 0 aromatic carbocycles. The number of ether oxygens (including phenoxy) is 18. The van der Waals surface area contributed by atoms with Gasteiger partial charge in [-0.15, -0.1) is 0 Å². The predicted molar refractivity (Wildman–Crippen MR) is 230 cm³/mol. The first-order valence-electron chi connectivity index (χ1n) is 21.2. The van der Waals surface area contributed by atoms with E-state index < -0.39 is 0 Å². The Morgan fingerprint density at radius 1 is 0.283 bits per heavy atom. The van der Waals surface area contributed by atoms with Crippen molar-refractivity contribution in [1.82, 2.24) is 0 Å². The number of hydrogen-bond donors (Lipinski definition) is 0. The van der Waals surface area contributed by atoms with Gasteiger partial charge < -0.3 is 85.3 Å². The maximum absolute atomic E-state index is 5.95. The van der Waals surface area contributed by atoms with Crippen LogP contribution in [0.2, 0.25) is 0 Å². The van der Waals surface area contributed by atoms with Crippen LogP contribution in [0, 0.1) is 0 Å². The largest absolute Gasteiger partial charge is 0.382 e. The molecule has 0 radical (unpaired) electrons. The second-order valence-electron chi connectivity index (χ2n) is 12.6. The van der Waals surface area contributed by atoms with Crippen molar-refractivity contribution in [3.8, 4) is 0 Å². The van der Waals surface area contributed by atoms with Gasteiger partial charge in [-0.2, -0.15) is 11.8 Å². The highest BCUT2D eigenvalue weighted by Crippen LogP contribution is 2.03. The quantitative estimate of drug-likeness (QED) is 0.0818. The van der Waals surface area contributed by atoms with E-state index >= 15 is 0 Å². The van der Waals surface area contributed by atoms with Crippen LogP contribution >= 0.6 is 11.8 Å². The fourth-order valence-electron chi connectivity index (χ4n) is 4.41. The molecule has 0 rings (SSSR count). The Balaban J connectivity index is 0. The molecule has 0 heterocycles. The molecule has 0 saturated carbocycles. The maximum atomic E-state index is 5.95. The van der Waals surface area contributed by atoms with E-state index in [4.69, 9.17) is 85.3 Å². The van der Waals surface area contributed by atoms with Gasteiger partial charge in [0.25, 0.3) is 0 Å². The second-order valence-corrected chi connectivity index (χ2v) is 13.5. The molecule has 0 aromatic rings. The molecule has 0 N–H and O–H groups in total. The third-order valence-electron chi connectivity index (χ3n) is 7.59. The molecule has 0 aliphatic rings. The van der Waals surface area contributed by atoms with Crippen molar-refractivity contribution in [1.29, 1.82) is 0 Å². The average Bonchev–Trinajstić information content (AvgIpc) is 3.25. The molecule has 0 aliphatic carbocycles. The number of rotatable bonds is 51. The number of methoxy groups -OCH3 is 4. The summed E-state index contributed by atoms with van der Waals surface area (Å²) in [6, 6.07) is 0. The first kappa shape index (κ1) is 61.7. The standard InChI is InChI=1S/C39H80O18.C2H6S/c1-6-37(33-51-23-21-49-22-26-54-36-39(57-32-29-48-16-12-43-5)35-53-25-20-46-14-10-41-3)55-30-27-50-18-17-44-8-7-38(56-31-28-47-15-11-42-4)34-52-24-19-45-13-9-40-2;1-3-2/h37-39H,6-36H2,1-5H3;1-2H3. The molecular formula is C41H86O18S. The zero-order valence-electron chi connectivity index (χ0n) is 38.4. The molecule has 3 unspecified atom stereocenters. The van der Waals surface area contributed by atoms with E-state index in [1.807, 2.05) is 12.5 Å². The summed E-state index contributed by atoms with van der Waals surface area (Å²) >= 11 is 1.75. The minimum atomic E-state index is -0.232. The monoisotopic (exact) mass is 899 g/mol. The van der Waals surface area contributed by atoms with Crippen molar-refractivity contribution in [2.75, 3.05) is 233 Å². The minimum absolute atomic E-state index is 0.0175. The minimum Gasteiger partial charge on any atom is -0.382 e. The third-order valence-corrected chi connectivity index (χ3v) is 7.59. The fourth-order valence-corrected chi connectivity index (χ4v) is 4.41. The summed E-state index contributed by atoms with van der Waals surface area (Å²) in [6.45, 7) is 16.1. The molecule has 364 valence electrons. The van der Waals surface area contributed by atoms with Crippen molar-refractivity contribution in [3.63, 3.8) is 0 Å². The molecule has 0 fully saturated rings. The van der Waals surface area contributed by atoms with Crippen LogP contribution in [0.4, 0.5) is 0 Å². The second kappa shape index (κ2) is 56.6. The first-order chi connectivity index (χ1) is 29.6. The van der Waals surface area contributed by atoms with Gasteiger partial charge in [-0.1, -0.05) is 6.92 Å². The molecule has 0 aliphatic heterocycles. The topological polar surface area (TPSA) is 166 Å². The zero-order valence-corrected chi connectivity index (χ0v) is 39.2. The van der Waals surface area contributed by atoms with Crippen LogP contribution in [0.25, 0.3) is 0 Å². The summed E-state index contributed by atoms with van der Waals surface area (Å²) in [6.07, 6.45) is 5.24. The van der Waals surface area contributed by atoms with Crippen molar-refractivity contribution in [2.24, 2.45) is 0 Å². The van der Waals surface area contributed by atoms with Gasteiger partial charge in [-0.3, -0.25) is 0 Å². The van der Waals surface area contributed by atoms with Gasteiger partial charge in [0.1, 0.15) is 6.10 Å². The highest BCUT2D eigenvalue weighted by atomic mass is 32.2. The molecule has 19 heteroatoms. The van der Waals surface area contributed by atoms with Crippen molar-refractivity contribution < 1.29 is 85.3 Å². The van der Waals surface area contributed by atoms with E-state index in [0.717, 1.165) is 6.42 Å². The fraction of sp³-hybridized carbons (Fsp3) is 1.00. The van der Waals surface area contributed by atoms with Crippen molar-refractivity contribution in [3.05, 3.63) is 0 Å². The molecular weight excluding hydrogens is 813 g/mol. The lowest BCUT2D eigenvalue weighted by molar-refractivity contribution is -0.0871. The third kappa shape index (κ3) is 52.0. The summed E-state index contributed by atoms with van der Waals surface area (Å²) in [7, 11) is 6.57. The molecule has 0 aromatic heterocycles. The van der Waals surface area contributed by atoms with E-state index in [1.165, 1.54) is 0 Å². The van der Waals surface area contributed by atoms with Gasteiger partial charge in [0, 0.05) is 35.0 Å². The summed E-state index contributed by atoms with van der Waals surface area (Å²) in [5.74, 6) is 0. The van der Waals surface area contributed by atoms with E-state index in [2.05, 4.69) is 6.92 Å². The Bertz CT molecular complexity index is 698. The van der Waals surface area contributed by atoms with Gasteiger partial charge in [-0.05, 0) is 25.4 Å². The lowest BCUT2D eigenvalue weighted by Crippen LogP contribution is -2.29. The van der Waals surface area contributed by atoms with E-state index in [9.17, 15) is 0 Å². The van der Waals surface area contributed by atoms with Crippen LogP contribution in [-0.2, 0) is 85.3 Å². The molecule has 0 saturated heterocycles. The van der Waals surface area contributed by atoms with Crippen LogP contribution in [0.3, 0.4) is 0 Å². The van der Waals surface area contributed by atoms with Crippen LogP contribution in [0.5, 0.6) is 0 Å². The number of hydrogen-bond acceptors (Lipinski definition) is 19. The molecule has 0 bridgehead atoms. The van der Waals surface area contributed by atoms with Crippen LogP contribution in [0.15, 0.2) is 0 Å². The Morgan fingerprint density at radius 3 is 0.850 bits per heavy atom. The van der Waals surface area contributed by atoms with E-state index in [1.54, 1.807) is 40.2 Å². The van der Waals surface area contributed by atoms with Crippen LogP contribution < -0.4 is 0 Å². The molecule has 18 nitrogen and oxygen atoms in total. The van der Waals surface area contributed by atoms with Gasteiger partial charge in [-0.25, -0.2) is 0 Å². The molecule has 0 amide bonds. The Morgan fingerprint density at radius 2 is 0.517 bits per heavy atom. The van der Waals surface area contributed by atoms with Crippen LogP contribution in [0.1, 0.15) is 19.8 Å². The summed E-state index contributed by atoms with van der Waals surface area (Å²) in [4.78, 5) is 0. The Kier molecular flexibility index (Phi) is 58.3. The van der Waals surface area contributed by atoms with Gasteiger partial charge >= 0.3 is 0 Å². The van der Waals surface area contributed by atoms with E-state index in [0.29, 0.717) is 198 Å². The Hall–Kier alpha value is -0.370. The van der Waals surface area contributed by atoms with E-state index in [-0.39, 0.29) is 18.3 Å². The zero-order chi connectivity index (χ0) is 44.1. The average molecular weight is 899 g/mol. The van der Waals surface area contributed by atoms with Crippen molar-refractivity contribution >= 4 is 11.8 Å². The Labute approximate surface area is 367 Å². The van der Waals surface area contributed by atoms with Crippen LogP contribution in [-0.4, -0.2) is 251 Å².